The fourth-order valence-electron chi connectivity index (χ4n) is 5.11. The number of hydrogen-bond donors (Lipinski definition) is 2. The monoisotopic (exact) mass is 436 g/mol. The summed E-state index contributed by atoms with van der Waals surface area (Å²) in [5.41, 5.74) is 0. The maximum Gasteiger partial charge on any atom is 0.305 e. The Balaban J connectivity index is 1.83. The van der Waals surface area contributed by atoms with Gasteiger partial charge in [0.15, 0.2) is 0 Å². The first kappa shape index (κ1) is 25.7. The SMILES string of the molecule is CCCCC1CCC([C@H](O)C=C[C@H]2[C@H](O)CC(=O)[C@@H]2CC(=O)CCCCC(=O)OC)C1. The van der Waals surface area contributed by atoms with Gasteiger partial charge in [0.2, 0.25) is 0 Å². The molecule has 2 fully saturated rings. The van der Waals surface area contributed by atoms with Crippen LogP contribution in [0.5, 0.6) is 0 Å². The minimum Gasteiger partial charge on any atom is -0.469 e. The van der Waals surface area contributed by atoms with Gasteiger partial charge in [-0.2, -0.15) is 0 Å². The van der Waals surface area contributed by atoms with Gasteiger partial charge < -0.3 is 14.9 Å². The van der Waals surface area contributed by atoms with Crippen molar-refractivity contribution in [3.05, 3.63) is 12.2 Å². The number of rotatable bonds is 13. The molecule has 0 spiro atoms. The Morgan fingerprint density at radius 1 is 1.19 bits per heavy atom. The van der Waals surface area contributed by atoms with Gasteiger partial charge in [-0.1, -0.05) is 44.8 Å². The number of aliphatic hydroxyl groups excluding tert-OH is 2. The van der Waals surface area contributed by atoms with Crippen molar-refractivity contribution >= 4 is 17.5 Å². The molecule has 0 aromatic carbocycles. The third-order valence-corrected chi connectivity index (χ3v) is 7.06. The Labute approximate surface area is 186 Å². The van der Waals surface area contributed by atoms with E-state index in [9.17, 15) is 24.6 Å². The van der Waals surface area contributed by atoms with Crippen molar-refractivity contribution < 1.29 is 29.3 Å². The number of hydrogen-bond acceptors (Lipinski definition) is 6. The third-order valence-electron chi connectivity index (χ3n) is 7.06. The molecule has 176 valence electrons. The number of aliphatic hydroxyl groups is 2. The second-order valence-electron chi connectivity index (χ2n) is 9.40. The van der Waals surface area contributed by atoms with Crippen LogP contribution >= 0.6 is 0 Å². The van der Waals surface area contributed by atoms with E-state index in [0.29, 0.717) is 25.2 Å². The van der Waals surface area contributed by atoms with Crippen molar-refractivity contribution in [2.45, 2.75) is 96.2 Å². The first-order valence-corrected chi connectivity index (χ1v) is 12.0. The second kappa shape index (κ2) is 13.1. The van der Waals surface area contributed by atoms with Gasteiger partial charge >= 0.3 is 5.97 Å². The van der Waals surface area contributed by atoms with Crippen LogP contribution < -0.4 is 0 Å². The van der Waals surface area contributed by atoms with Gasteiger partial charge in [0, 0.05) is 37.5 Å². The summed E-state index contributed by atoms with van der Waals surface area (Å²) in [5.74, 6) is -0.403. The molecule has 2 N–H and O–H groups in total. The van der Waals surface area contributed by atoms with Gasteiger partial charge in [-0.3, -0.25) is 14.4 Å². The zero-order chi connectivity index (χ0) is 22.8. The van der Waals surface area contributed by atoms with Gasteiger partial charge in [-0.25, -0.2) is 0 Å². The predicted molar refractivity (Wildman–Crippen MR) is 118 cm³/mol. The lowest BCUT2D eigenvalue weighted by atomic mass is 9.87. The van der Waals surface area contributed by atoms with E-state index < -0.39 is 24.0 Å². The largest absolute Gasteiger partial charge is 0.469 e. The van der Waals surface area contributed by atoms with E-state index in [-0.39, 0.29) is 42.7 Å². The van der Waals surface area contributed by atoms with Crippen LogP contribution in [0.15, 0.2) is 12.2 Å². The highest BCUT2D eigenvalue weighted by atomic mass is 16.5. The van der Waals surface area contributed by atoms with Crippen LogP contribution in [0.4, 0.5) is 0 Å². The number of esters is 1. The first-order chi connectivity index (χ1) is 14.8. The standard InChI is InChI=1S/C25H40O6/c1-3-4-7-17-10-11-18(14-17)22(27)13-12-20-21(24(29)16-23(20)28)15-19(26)8-5-6-9-25(30)31-2/h12-13,17-18,20-23,27-28H,3-11,14-16H2,1-2H3/t17?,18?,20-,21-,22-,23-/m1/s1. The normalized spacial score (nSPS) is 29.5. The van der Waals surface area contributed by atoms with Gasteiger partial charge in [0.05, 0.1) is 19.3 Å². The Hall–Kier alpha value is -1.53. The Bertz CT molecular complexity index is 628. The highest BCUT2D eigenvalue weighted by Crippen LogP contribution is 2.38. The van der Waals surface area contributed by atoms with Gasteiger partial charge in [0.25, 0.3) is 0 Å². The molecule has 0 saturated heterocycles. The highest BCUT2D eigenvalue weighted by molar-refractivity contribution is 5.90. The van der Waals surface area contributed by atoms with Gasteiger partial charge in [-0.15, -0.1) is 0 Å². The molecule has 0 aromatic heterocycles. The first-order valence-electron chi connectivity index (χ1n) is 12.0. The lowest BCUT2D eigenvalue weighted by Crippen LogP contribution is -2.23. The molecular formula is C25H40O6. The van der Waals surface area contributed by atoms with Gasteiger partial charge in [-0.05, 0) is 37.5 Å². The molecule has 6 nitrogen and oxygen atoms in total. The molecule has 6 heteroatoms. The fourth-order valence-corrected chi connectivity index (χ4v) is 5.11. The number of carbonyl (C=O) groups is 3. The molecule has 2 rings (SSSR count). The van der Waals surface area contributed by atoms with Crippen molar-refractivity contribution in [1.82, 2.24) is 0 Å². The molecular weight excluding hydrogens is 396 g/mol. The zero-order valence-electron chi connectivity index (χ0n) is 19.1. The van der Waals surface area contributed by atoms with E-state index in [1.165, 1.54) is 26.4 Å². The molecule has 0 amide bonds. The van der Waals surface area contributed by atoms with Crippen LogP contribution in [0.25, 0.3) is 0 Å². The Morgan fingerprint density at radius 3 is 2.65 bits per heavy atom. The maximum atomic E-state index is 12.4. The summed E-state index contributed by atoms with van der Waals surface area (Å²) in [4.78, 5) is 35.9. The van der Waals surface area contributed by atoms with E-state index >= 15 is 0 Å². The quantitative estimate of drug-likeness (QED) is 0.259. The third kappa shape index (κ3) is 8.15. The molecule has 31 heavy (non-hydrogen) atoms. The molecule has 0 radical (unpaired) electrons. The number of ketones is 2. The summed E-state index contributed by atoms with van der Waals surface area (Å²) in [6.45, 7) is 2.20. The van der Waals surface area contributed by atoms with Crippen molar-refractivity contribution in [1.29, 1.82) is 0 Å². The van der Waals surface area contributed by atoms with Crippen LogP contribution in [0.2, 0.25) is 0 Å². The van der Waals surface area contributed by atoms with Crippen LogP contribution in [0.3, 0.4) is 0 Å². The van der Waals surface area contributed by atoms with E-state index in [1.807, 2.05) is 0 Å². The number of unbranched alkanes of at least 4 members (excludes halogenated alkanes) is 2. The van der Waals surface area contributed by atoms with E-state index in [1.54, 1.807) is 12.2 Å². The number of Topliss-reactive ketones (excluding diaryl/α,β-unsaturated/α-hetero) is 2. The molecule has 0 heterocycles. The van der Waals surface area contributed by atoms with Crippen molar-refractivity contribution in [3.8, 4) is 0 Å². The van der Waals surface area contributed by atoms with Crippen LogP contribution in [-0.2, 0) is 19.1 Å². The Morgan fingerprint density at radius 2 is 1.94 bits per heavy atom. The lowest BCUT2D eigenvalue weighted by Gasteiger charge is -2.19. The predicted octanol–water partition coefficient (Wildman–Crippen LogP) is 3.77. The van der Waals surface area contributed by atoms with Gasteiger partial charge in [0.1, 0.15) is 11.6 Å². The number of methoxy groups -OCH3 is 1. The lowest BCUT2D eigenvalue weighted by molar-refractivity contribution is -0.140. The fraction of sp³-hybridized carbons (Fsp3) is 0.800. The summed E-state index contributed by atoms with van der Waals surface area (Å²) < 4.78 is 4.59. The van der Waals surface area contributed by atoms with E-state index in [2.05, 4.69) is 11.7 Å². The molecule has 2 aliphatic carbocycles. The molecule has 2 saturated carbocycles. The van der Waals surface area contributed by atoms with Crippen LogP contribution in [0.1, 0.15) is 84.0 Å². The molecule has 0 aliphatic heterocycles. The average molecular weight is 437 g/mol. The van der Waals surface area contributed by atoms with Crippen molar-refractivity contribution in [2.75, 3.05) is 7.11 Å². The topological polar surface area (TPSA) is 101 Å². The van der Waals surface area contributed by atoms with E-state index in [0.717, 1.165) is 19.3 Å². The molecule has 0 aromatic rings. The summed E-state index contributed by atoms with van der Waals surface area (Å²) >= 11 is 0. The van der Waals surface area contributed by atoms with Crippen molar-refractivity contribution in [2.24, 2.45) is 23.7 Å². The number of ether oxygens (including phenoxy) is 1. The molecule has 6 atom stereocenters. The zero-order valence-corrected chi connectivity index (χ0v) is 19.1. The summed E-state index contributed by atoms with van der Waals surface area (Å²) in [6, 6.07) is 0. The average Bonchev–Trinajstić information content (AvgIpc) is 3.32. The smallest absolute Gasteiger partial charge is 0.305 e. The second-order valence-corrected chi connectivity index (χ2v) is 9.40. The minimum atomic E-state index is -0.797. The minimum absolute atomic E-state index is 0.0224. The number of carbonyl (C=O) groups excluding carboxylic acids is 3. The van der Waals surface area contributed by atoms with Crippen LogP contribution in [-0.4, -0.2) is 47.1 Å². The summed E-state index contributed by atoms with van der Waals surface area (Å²) in [5, 5.41) is 21.0. The Kier molecular flexibility index (Phi) is 10.9. The molecule has 2 unspecified atom stereocenters. The van der Waals surface area contributed by atoms with E-state index in [4.69, 9.17) is 0 Å². The van der Waals surface area contributed by atoms with Crippen molar-refractivity contribution in [3.63, 3.8) is 0 Å². The summed E-state index contributed by atoms with van der Waals surface area (Å²) in [6.07, 6.45) is 11.0. The molecule has 2 aliphatic rings. The maximum absolute atomic E-state index is 12.4. The van der Waals surface area contributed by atoms with Crippen LogP contribution in [0, 0.1) is 23.7 Å². The molecule has 0 bridgehead atoms. The summed E-state index contributed by atoms with van der Waals surface area (Å²) in [7, 11) is 1.34. The highest BCUT2D eigenvalue weighted by Gasteiger charge is 2.41.